The highest BCUT2D eigenvalue weighted by molar-refractivity contribution is 8.00. The molecule has 3 aromatic rings. The molecule has 31 heavy (non-hydrogen) atoms. The molecule has 2 amide bonds. The molecule has 0 fully saturated rings. The fourth-order valence-corrected chi connectivity index (χ4v) is 3.67. The number of hydrogen-bond donors (Lipinski definition) is 2. The van der Waals surface area contributed by atoms with Crippen molar-refractivity contribution < 1.29 is 14.3 Å². The number of carbonyl (C=O) groups is 2. The summed E-state index contributed by atoms with van der Waals surface area (Å²) in [5.74, 6) is 0.421. The molecule has 0 heterocycles. The van der Waals surface area contributed by atoms with Gasteiger partial charge in [0, 0.05) is 22.3 Å². The van der Waals surface area contributed by atoms with Crippen molar-refractivity contribution in [1.82, 2.24) is 0 Å². The Morgan fingerprint density at radius 1 is 0.903 bits per heavy atom. The monoisotopic (exact) mass is 432 g/mol. The number of benzene rings is 3. The van der Waals surface area contributed by atoms with Crippen LogP contribution in [-0.4, -0.2) is 24.2 Å². The lowest BCUT2D eigenvalue weighted by molar-refractivity contribution is -0.115. The number of thioether (sulfide) groups is 1. The minimum Gasteiger partial charge on any atom is -0.497 e. The number of carbonyl (C=O) groups excluding carboxylic acids is 2. The van der Waals surface area contributed by atoms with E-state index < -0.39 is 0 Å². The molecule has 0 aromatic heterocycles. The first kappa shape index (κ1) is 22.2. The molecule has 6 heteroatoms. The predicted octanol–water partition coefficient (Wildman–Crippen LogP) is 5.47. The molecule has 2 N–H and O–H groups in total. The van der Waals surface area contributed by atoms with Crippen molar-refractivity contribution >= 4 is 41.0 Å². The van der Waals surface area contributed by atoms with Gasteiger partial charge in [-0.1, -0.05) is 36.4 Å². The standard InChI is InChI=1S/C25H24N2O3S/c1-18(25(29)27-20-12-14-22(30-2)15-13-20)31-23-10-6-9-21(17-23)26-24(28)16-11-19-7-4-3-5-8-19/h3-18H,1-2H3,(H,26,28)(H,27,29)/b16-11+. The number of hydrogen-bond acceptors (Lipinski definition) is 4. The highest BCUT2D eigenvalue weighted by Crippen LogP contribution is 2.27. The molecule has 0 aliphatic carbocycles. The highest BCUT2D eigenvalue weighted by atomic mass is 32.2. The average molecular weight is 433 g/mol. The van der Waals surface area contributed by atoms with E-state index in [2.05, 4.69) is 10.6 Å². The van der Waals surface area contributed by atoms with Crippen LogP contribution in [0.15, 0.2) is 89.8 Å². The first-order valence-electron chi connectivity index (χ1n) is 9.79. The molecule has 3 rings (SSSR count). The van der Waals surface area contributed by atoms with Crippen LogP contribution in [0, 0.1) is 0 Å². The Morgan fingerprint density at radius 3 is 2.35 bits per heavy atom. The molecule has 0 radical (unpaired) electrons. The number of anilines is 2. The number of ether oxygens (including phenoxy) is 1. The summed E-state index contributed by atoms with van der Waals surface area (Å²) >= 11 is 1.42. The van der Waals surface area contributed by atoms with Gasteiger partial charge in [-0.15, -0.1) is 11.8 Å². The molecular formula is C25H24N2O3S. The van der Waals surface area contributed by atoms with Crippen LogP contribution >= 0.6 is 11.8 Å². The molecule has 1 unspecified atom stereocenters. The van der Waals surface area contributed by atoms with E-state index in [4.69, 9.17) is 4.74 Å². The topological polar surface area (TPSA) is 67.4 Å². The Morgan fingerprint density at radius 2 is 1.65 bits per heavy atom. The fraction of sp³-hybridized carbons (Fsp3) is 0.120. The van der Waals surface area contributed by atoms with Gasteiger partial charge in [0.05, 0.1) is 12.4 Å². The summed E-state index contributed by atoms with van der Waals surface area (Å²) < 4.78 is 5.13. The van der Waals surface area contributed by atoms with E-state index >= 15 is 0 Å². The largest absolute Gasteiger partial charge is 0.497 e. The second-order valence-electron chi connectivity index (χ2n) is 6.74. The molecule has 5 nitrogen and oxygen atoms in total. The van der Waals surface area contributed by atoms with E-state index in [-0.39, 0.29) is 17.1 Å². The number of amides is 2. The van der Waals surface area contributed by atoms with Crippen LogP contribution in [0.2, 0.25) is 0 Å². The highest BCUT2D eigenvalue weighted by Gasteiger charge is 2.15. The van der Waals surface area contributed by atoms with Gasteiger partial charge in [-0.25, -0.2) is 0 Å². The maximum atomic E-state index is 12.5. The first-order valence-corrected chi connectivity index (χ1v) is 10.7. The van der Waals surface area contributed by atoms with Crippen molar-refractivity contribution in [2.24, 2.45) is 0 Å². The molecule has 0 aliphatic heterocycles. The summed E-state index contributed by atoms with van der Waals surface area (Å²) in [6, 6.07) is 24.3. The Bertz CT molecular complexity index is 1050. The van der Waals surface area contributed by atoms with Gasteiger partial charge in [0.15, 0.2) is 0 Å². The van der Waals surface area contributed by atoms with Crippen molar-refractivity contribution in [2.45, 2.75) is 17.1 Å². The second-order valence-corrected chi connectivity index (χ2v) is 8.15. The van der Waals surface area contributed by atoms with E-state index in [0.29, 0.717) is 11.4 Å². The fourth-order valence-electron chi connectivity index (χ4n) is 2.74. The lowest BCUT2D eigenvalue weighted by atomic mass is 10.2. The summed E-state index contributed by atoms with van der Waals surface area (Å²) in [6.07, 6.45) is 3.26. The van der Waals surface area contributed by atoms with E-state index in [1.807, 2.05) is 61.5 Å². The third-order valence-electron chi connectivity index (χ3n) is 4.37. The van der Waals surface area contributed by atoms with Gasteiger partial charge < -0.3 is 15.4 Å². The van der Waals surface area contributed by atoms with E-state index in [9.17, 15) is 9.59 Å². The summed E-state index contributed by atoms with van der Waals surface area (Å²) in [5, 5.41) is 5.44. The summed E-state index contributed by atoms with van der Waals surface area (Å²) in [4.78, 5) is 25.6. The van der Waals surface area contributed by atoms with Crippen LogP contribution in [-0.2, 0) is 9.59 Å². The lowest BCUT2D eigenvalue weighted by Gasteiger charge is -2.13. The van der Waals surface area contributed by atoms with E-state index in [0.717, 1.165) is 16.2 Å². The van der Waals surface area contributed by atoms with Crippen LogP contribution in [0.1, 0.15) is 12.5 Å². The van der Waals surface area contributed by atoms with Gasteiger partial charge >= 0.3 is 0 Å². The van der Waals surface area contributed by atoms with Crippen LogP contribution in [0.5, 0.6) is 5.75 Å². The molecule has 1 atom stereocenters. The van der Waals surface area contributed by atoms with Crippen LogP contribution in [0.4, 0.5) is 11.4 Å². The Kier molecular flexibility index (Phi) is 7.90. The van der Waals surface area contributed by atoms with Crippen LogP contribution in [0.25, 0.3) is 6.08 Å². The molecule has 0 saturated heterocycles. The molecule has 0 aliphatic rings. The van der Waals surface area contributed by atoms with Gasteiger partial charge in [-0.2, -0.15) is 0 Å². The SMILES string of the molecule is COc1ccc(NC(=O)C(C)Sc2cccc(NC(=O)/C=C/c3ccccc3)c2)cc1. The van der Waals surface area contributed by atoms with Crippen LogP contribution in [0.3, 0.4) is 0 Å². The maximum Gasteiger partial charge on any atom is 0.248 e. The molecule has 0 saturated carbocycles. The number of rotatable bonds is 8. The lowest BCUT2D eigenvalue weighted by Crippen LogP contribution is -2.22. The zero-order chi connectivity index (χ0) is 22.1. The Hall–Kier alpha value is -3.51. The van der Waals surface area contributed by atoms with E-state index in [1.165, 1.54) is 17.8 Å². The molecule has 158 valence electrons. The zero-order valence-electron chi connectivity index (χ0n) is 17.4. The zero-order valence-corrected chi connectivity index (χ0v) is 18.2. The number of methoxy groups -OCH3 is 1. The summed E-state index contributed by atoms with van der Waals surface area (Å²) in [6.45, 7) is 1.84. The van der Waals surface area contributed by atoms with Gasteiger partial charge in [0.2, 0.25) is 11.8 Å². The quantitative estimate of drug-likeness (QED) is 0.366. The van der Waals surface area contributed by atoms with Gasteiger partial charge in [-0.3, -0.25) is 9.59 Å². The third-order valence-corrected chi connectivity index (χ3v) is 5.46. The summed E-state index contributed by atoms with van der Waals surface area (Å²) in [7, 11) is 1.60. The van der Waals surface area contributed by atoms with Crippen LogP contribution < -0.4 is 15.4 Å². The van der Waals surface area contributed by atoms with E-state index in [1.54, 1.807) is 37.5 Å². The molecule has 0 spiro atoms. The number of nitrogens with one attached hydrogen (secondary N) is 2. The van der Waals surface area contributed by atoms with Gasteiger partial charge in [-0.05, 0) is 61.0 Å². The Labute approximate surface area is 186 Å². The van der Waals surface area contributed by atoms with Gasteiger partial charge in [0.1, 0.15) is 5.75 Å². The Balaban J connectivity index is 1.55. The minimum absolute atomic E-state index is 0.101. The first-order chi connectivity index (χ1) is 15.0. The van der Waals surface area contributed by atoms with Crippen molar-refractivity contribution in [3.8, 4) is 5.75 Å². The third kappa shape index (κ3) is 7.04. The van der Waals surface area contributed by atoms with Crippen molar-refractivity contribution in [3.63, 3.8) is 0 Å². The molecular weight excluding hydrogens is 408 g/mol. The van der Waals surface area contributed by atoms with Crippen molar-refractivity contribution in [2.75, 3.05) is 17.7 Å². The minimum atomic E-state index is -0.314. The maximum absolute atomic E-state index is 12.5. The average Bonchev–Trinajstić information content (AvgIpc) is 2.79. The predicted molar refractivity (Wildman–Crippen MR) is 127 cm³/mol. The molecule has 3 aromatic carbocycles. The normalized spacial score (nSPS) is 11.7. The van der Waals surface area contributed by atoms with Crippen molar-refractivity contribution in [1.29, 1.82) is 0 Å². The van der Waals surface area contributed by atoms with Crippen molar-refractivity contribution in [3.05, 3.63) is 90.5 Å². The summed E-state index contributed by atoms with van der Waals surface area (Å²) in [5.41, 5.74) is 2.35. The smallest absolute Gasteiger partial charge is 0.248 e. The molecule has 0 bridgehead atoms. The van der Waals surface area contributed by atoms with Gasteiger partial charge in [0.25, 0.3) is 0 Å². The second kappa shape index (κ2) is 11.0.